The van der Waals surface area contributed by atoms with Gasteiger partial charge in [-0.1, -0.05) is 29.5 Å². The molecule has 42 heavy (non-hydrogen) atoms. The molecule has 2 aliphatic rings. The summed E-state index contributed by atoms with van der Waals surface area (Å²) in [6, 6.07) is 18.1. The van der Waals surface area contributed by atoms with E-state index in [1.54, 1.807) is 29.2 Å². The number of carbonyl (C=O) groups is 1. The van der Waals surface area contributed by atoms with Gasteiger partial charge in [-0.15, -0.1) is 12.4 Å². The fourth-order valence-corrected chi connectivity index (χ4v) is 8.03. The van der Waals surface area contributed by atoms with Crippen LogP contribution >= 0.6 is 23.7 Å². The molecule has 0 bridgehead atoms. The number of anilines is 2. The number of rotatable bonds is 8. The van der Waals surface area contributed by atoms with Crippen LogP contribution in [-0.4, -0.2) is 70.1 Å². The van der Waals surface area contributed by atoms with E-state index in [9.17, 15) is 13.2 Å². The SMILES string of the molecule is Cc1cc2nc(N(CCCN3CCOCC3)C(=O)c3ccc(S(=O)(=O)N4CCc5ccccc54)cc3)sc2cc1C.Cl. The smallest absolute Gasteiger partial charge is 0.264 e. The van der Waals surface area contributed by atoms with E-state index in [2.05, 4.69) is 30.9 Å². The Kier molecular flexibility index (Phi) is 9.20. The van der Waals surface area contributed by atoms with Crippen LogP contribution in [0.3, 0.4) is 0 Å². The van der Waals surface area contributed by atoms with Crippen LogP contribution in [-0.2, 0) is 21.2 Å². The summed E-state index contributed by atoms with van der Waals surface area (Å²) in [6.07, 6.45) is 1.48. The molecule has 1 amide bonds. The van der Waals surface area contributed by atoms with Gasteiger partial charge < -0.3 is 4.74 Å². The molecule has 0 spiro atoms. The van der Waals surface area contributed by atoms with Crippen LogP contribution < -0.4 is 9.21 Å². The van der Waals surface area contributed by atoms with Crippen molar-refractivity contribution in [2.45, 2.75) is 31.6 Å². The third kappa shape index (κ3) is 6.05. The molecule has 4 aromatic rings. The molecule has 3 heterocycles. The molecule has 1 saturated heterocycles. The van der Waals surface area contributed by atoms with Crippen molar-refractivity contribution in [3.63, 3.8) is 0 Å². The molecule has 11 heteroatoms. The zero-order valence-electron chi connectivity index (χ0n) is 23.8. The minimum atomic E-state index is -3.74. The number of carbonyl (C=O) groups excluding carboxylic acids is 1. The summed E-state index contributed by atoms with van der Waals surface area (Å²) in [6.45, 7) is 9.19. The largest absolute Gasteiger partial charge is 0.379 e. The number of aryl methyl sites for hydroxylation is 2. The van der Waals surface area contributed by atoms with E-state index >= 15 is 0 Å². The van der Waals surface area contributed by atoms with Gasteiger partial charge in [-0.05, 0) is 85.8 Å². The van der Waals surface area contributed by atoms with Crippen LogP contribution in [0.5, 0.6) is 0 Å². The first-order chi connectivity index (χ1) is 19.8. The number of benzene rings is 3. The van der Waals surface area contributed by atoms with E-state index in [4.69, 9.17) is 9.72 Å². The lowest BCUT2D eigenvalue weighted by Gasteiger charge is -2.27. The van der Waals surface area contributed by atoms with E-state index in [1.165, 1.54) is 21.2 Å². The molecule has 222 valence electrons. The number of sulfonamides is 1. The summed E-state index contributed by atoms with van der Waals surface area (Å²) in [4.78, 5) is 23.0. The Morgan fingerprint density at radius 2 is 1.71 bits per heavy atom. The number of hydrogen-bond acceptors (Lipinski definition) is 7. The number of aromatic nitrogens is 1. The minimum absolute atomic E-state index is 0. The molecule has 0 saturated carbocycles. The van der Waals surface area contributed by atoms with Gasteiger partial charge in [0.25, 0.3) is 15.9 Å². The van der Waals surface area contributed by atoms with Crippen LogP contribution in [0.2, 0.25) is 0 Å². The van der Waals surface area contributed by atoms with E-state index in [1.807, 2.05) is 24.3 Å². The van der Waals surface area contributed by atoms with Gasteiger partial charge in [-0.25, -0.2) is 13.4 Å². The summed E-state index contributed by atoms with van der Waals surface area (Å²) in [5.74, 6) is -0.185. The zero-order chi connectivity index (χ0) is 28.6. The van der Waals surface area contributed by atoms with Crippen molar-refractivity contribution in [2.24, 2.45) is 0 Å². The third-order valence-electron chi connectivity index (χ3n) is 7.96. The van der Waals surface area contributed by atoms with Crippen molar-refractivity contribution >= 4 is 60.7 Å². The maximum atomic E-state index is 13.9. The molecule has 0 aliphatic carbocycles. The van der Waals surface area contributed by atoms with E-state index in [0.29, 0.717) is 30.2 Å². The van der Waals surface area contributed by atoms with Crippen LogP contribution in [0.25, 0.3) is 10.2 Å². The Balaban J connectivity index is 0.00000353. The van der Waals surface area contributed by atoms with Gasteiger partial charge in [-0.3, -0.25) is 18.9 Å². The first kappa shape index (κ1) is 30.4. The van der Waals surface area contributed by atoms with Crippen molar-refractivity contribution in [3.05, 3.63) is 82.9 Å². The zero-order valence-corrected chi connectivity index (χ0v) is 26.2. The highest BCUT2D eigenvalue weighted by molar-refractivity contribution is 7.92. The second-order valence-electron chi connectivity index (χ2n) is 10.6. The molecular weight excluding hydrogens is 592 g/mol. The van der Waals surface area contributed by atoms with Gasteiger partial charge >= 0.3 is 0 Å². The number of morpholine rings is 1. The van der Waals surface area contributed by atoms with Gasteiger partial charge in [0.1, 0.15) is 0 Å². The molecule has 0 unspecified atom stereocenters. The Labute approximate surface area is 257 Å². The lowest BCUT2D eigenvalue weighted by atomic mass is 10.1. The van der Waals surface area contributed by atoms with Crippen molar-refractivity contribution in [1.82, 2.24) is 9.88 Å². The maximum Gasteiger partial charge on any atom is 0.264 e. The van der Waals surface area contributed by atoms with E-state index in [-0.39, 0.29) is 23.2 Å². The lowest BCUT2D eigenvalue weighted by Crippen LogP contribution is -2.39. The number of fused-ring (bicyclic) bond motifs is 2. The van der Waals surface area contributed by atoms with E-state index in [0.717, 1.165) is 66.3 Å². The number of amides is 1. The molecule has 1 fully saturated rings. The average molecular weight is 627 g/mol. The fraction of sp³-hybridized carbons (Fsp3) is 0.355. The molecule has 0 N–H and O–H groups in total. The maximum absolute atomic E-state index is 13.9. The standard InChI is InChI=1S/C31H34N4O4S2.ClH/c1-22-20-27-29(21-23(22)2)40-31(32-27)34(14-5-13-33-16-18-39-19-17-33)30(36)25-8-10-26(11-9-25)41(37,38)35-15-12-24-6-3-4-7-28(24)35;/h3-4,6-11,20-21H,5,12-19H2,1-2H3;1H. The third-order valence-corrected chi connectivity index (χ3v) is 10.8. The molecule has 0 atom stereocenters. The summed E-state index contributed by atoms with van der Waals surface area (Å²) < 4.78 is 34.9. The van der Waals surface area contributed by atoms with Gasteiger partial charge in [0, 0.05) is 38.3 Å². The van der Waals surface area contributed by atoms with E-state index < -0.39 is 10.0 Å². The van der Waals surface area contributed by atoms with Gasteiger partial charge in [0.05, 0.1) is 34.0 Å². The first-order valence-corrected chi connectivity index (χ1v) is 16.3. The molecule has 1 aromatic heterocycles. The number of halogens is 1. The number of thiazole rings is 1. The summed E-state index contributed by atoms with van der Waals surface area (Å²) in [7, 11) is -3.74. The Morgan fingerprint density at radius 3 is 2.48 bits per heavy atom. The minimum Gasteiger partial charge on any atom is -0.379 e. The summed E-state index contributed by atoms with van der Waals surface area (Å²) in [5, 5.41) is 0.655. The summed E-state index contributed by atoms with van der Waals surface area (Å²) in [5.41, 5.74) is 5.42. The van der Waals surface area contributed by atoms with Crippen molar-refractivity contribution in [3.8, 4) is 0 Å². The highest BCUT2D eigenvalue weighted by Gasteiger charge is 2.31. The van der Waals surface area contributed by atoms with Crippen molar-refractivity contribution in [2.75, 3.05) is 55.1 Å². The molecule has 8 nitrogen and oxygen atoms in total. The van der Waals surface area contributed by atoms with Crippen LogP contribution in [0.1, 0.15) is 33.5 Å². The predicted molar refractivity (Wildman–Crippen MR) is 171 cm³/mol. The lowest BCUT2D eigenvalue weighted by molar-refractivity contribution is 0.0376. The van der Waals surface area contributed by atoms with Crippen LogP contribution in [0.4, 0.5) is 10.8 Å². The topological polar surface area (TPSA) is 83.0 Å². The van der Waals surface area contributed by atoms with Crippen molar-refractivity contribution < 1.29 is 17.9 Å². The highest BCUT2D eigenvalue weighted by Crippen LogP contribution is 2.34. The molecule has 6 rings (SSSR count). The molecule has 0 radical (unpaired) electrons. The number of ether oxygens (including phenoxy) is 1. The van der Waals surface area contributed by atoms with Gasteiger partial charge in [0.2, 0.25) is 0 Å². The second-order valence-corrected chi connectivity index (χ2v) is 13.5. The van der Waals surface area contributed by atoms with Gasteiger partial charge in [0.15, 0.2) is 5.13 Å². The van der Waals surface area contributed by atoms with Crippen LogP contribution in [0.15, 0.2) is 65.6 Å². The molecule has 2 aliphatic heterocycles. The number of para-hydroxylation sites is 1. The Hall–Kier alpha value is -3.02. The monoisotopic (exact) mass is 626 g/mol. The normalized spacial score (nSPS) is 15.4. The average Bonchev–Trinajstić information content (AvgIpc) is 3.60. The quantitative estimate of drug-likeness (QED) is 0.259. The van der Waals surface area contributed by atoms with Crippen molar-refractivity contribution in [1.29, 1.82) is 0 Å². The first-order valence-electron chi connectivity index (χ1n) is 14.0. The Morgan fingerprint density at radius 1 is 1.00 bits per heavy atom. The fourth-order valence-electron chi connectivity index (χ4n) is 5.45. The predicted octanol–water partition coefficient (Wildman–Crippen LogP) is 5.46. The Bertz CT molecular complexity index is 1650. The number of hydrogen-bond donors (Lipinski definition) is 0. The number of nitrogens with zero attached hydrogens (tertiary/aromatic N) is 4. The highest BCUT2D eigenvalue weighted by atomic mass is 35.5. The second kappa shape index (κ2) is 12.7. The van der Waals surface area contributed by atoms with Crippen LogP contribution in [0, 0.1) is 13.8 Å². The summed E-state index contributed by atoms with van der Waals surface area (Å²) >= 11 is 1.51. The molecular formula is C31H35ClN4O4S2. The van der Waals surface area contributed by atoms with Gasteiger partial charge in [-0.2, -0.15) is 0 Å². The molecule has 3 aromatic carbocycles.